The number of carbonyl (C=O) groups is 1. The molecular formula is C30H38N4O2. The van der Waals surface area contributed by atoms with Gasteiger partial charge in [0.1, 0.15) is 17.1 Å². The Hall–Kier alpha value is -3.25. The summed E-state index contributed by atoms with van der Waals surface area (Å²) < 4.78 is 5.82. The number of nitrogens with one attached hydrogen (secondary N) is 1. The zero-order valence-electron chi connectivity index (χ0n) is 22.2. The molecule has 3 heterocycles. The lowest BCUT2D eigenvalue weighted by atomic mass is 9.81. The normalized spacial score (nSPS) is 21.6. The SMILES string of the molecule is C=C1N(CCCN(C)C(C)C)C(=O)[C@]2(C)Cc3c([nH]c4ccc(OCC)cc34)[C@@H](c3ccccc3)N12. The predicted molar refractivity (Wildman–Crippen MR) is 145 cm³/mol. The zero-order chi connectivity index (χ0) is 25.6. The fourth-order valence-electron chi connectivity index (χ4n) is 5.84. The van der Waals surface area contributed by atoms with Crippen LogP contribution >= 0.6 is 0 Å². The largest absolute Gasteiger partial charge is 0.494 e. The first-order valence-electron chi connectivity index (χ1n) is 13.1. The maximum Gasteiger partial charge on any atom is 0.254 e. The van der Waals surface area contributed by atoms with E-state index in [0.717, 1.165) is 46.7 Å². The van der Waals surface area contributed by atoms with Crippen molar-refractivity contribution >= 4 is 16.8 Å². The summed E-state index contributed by atoms with van der Waals surface area (Å²) in [5, 5.41) is 1.13. The summed E-state index contributed by atoms with van der Waals surface area (Å²) >= 11 is 0. The van der Waals surface area contributed by atoms with Gasteiger partial charge in [-0.15, -0.1) is 0 Å². The van der Waals surface area contributed by atoms with Gasteiger partial charge in [-0.05, 0) is 77.0 Å². The molecule has 2 atom stereocenters. The van der Waals surface area contributed by atoms with Crippen molar-refractivity contribution in [3.63, 3.8) is 0 Å². The van der Waals surface area contributed by atoms with Crippen molar-refractivity contribution < 1.29 is 9.53 Å². The number of hydrogen-bond acceptors (Lipinski definition) is 4. The number of carbonyl (C=O) groups excluding carboxylic acids is 1. The second-order valence-corrected chi connectivity index (χ2v) is 10.6. The van der Waals surface area contributed by atoms with Gasteiger partial charge in [-0.25, -0.2) is 0 Å². The maximum atomic E-state index is 14.1. The van der Waals surface area contributed by atoms with E-state index in [-0.39, 0.29) is 11.9 Å². The van der Waals surface area contributed by atoms with E-state index in [2.05, 4.69) is 85.6 Å². The molecule has 5 rings (SSSR count). The Morgan fingerprint density at radius 2 is 1.97 bits per heavy atom. The molecule has 0 radical (unpaired) electrons. The molecule has 3 aromatic rings. The quantitative estimate of drug-likeness (QED) is 0.468. The lowest BCUT2D eigenvalue weighted by Crippen LogP contribution is -2.52. The molecule has 0 spiro atoms. The molecule has 1 saturated heterocycles. The minimum atomic E-state index is -0.703. The van der Waals surface area contributed by atoms with Crippen molar-refractivity contribution in [1.82, 2.24) is 19.7 Å². The standard InChI is InChI=1S/C30H38N4O2/c1-7-36-23-14-15-26-24(18-23)25-19-30(5)29(35)33(17-11-16-32(6)20(2)3)21(4)34(30)28(27(25)31-26)22-12-9-8-10-13-22/h8-10,12-15,18,20,28,31H,4,7,11,16-17,19H2,1-3,5-6H3/t28-,30+/m1/s1. The molecule has 6 nitrogen and oxygen atoms in total. The number of nitrogens with zero attached hydrogens (tertiary/aromatic N) is 3. The van der Waals surface area contributed by atoms with Gasteiger partial charge in [-0.1, -0.05) is 36.9 Å². The minimum absolute atomic E-state index is 0.123. The van der Waals surface area contributed by atoms with Crippen LogP contribution in [0.4, 0.5) is 0 Å². The van der Waals surface area contributed by atoms with Crippen molar-refractivity contribution in [3.05, 3.63) is 77.8 Å². The molecule has 0 saturated carbocycles. The summed E-state index contributed by atoms with van der Waals surface area (Å²) in [4.78, 5) is 24.3. The van der Waals surface area contributed by atoms with Crippen LogP contribution < -0.4 is 4.74 Å². The highest BCUT2D eigenvalue weighted by atomic mass is 16.5. The van der Waals surface area contributed by atoms with Gasteiger partial charge in [0.2, 0.25) is 0 Å². The molecular weight excluding hydrogens is 448 g/mol. The molecule has 0 bridgehead atoms. The summed E-state index contributed by atoms with van der Waals surface area (Å²) in [6.07, 6.45) is 1.53. The van der Waals surface area contributed by atoms with Gasteiger partial charge < -0.3 is 19.5 Å². The molecule has 1 aromatic heterocycles. The molecule has 1 fully saturated rings. The van der Waals surface area contributed by atoms with Crippen LogP contribution in [0.3, 0.4) is 0 Å². The summed E-state index contributed by atoms with van der Waals surface area (Å²) in [6.45, 7) is 15.2. The molecule has 190 valence electrons. The van der Waals surface area contributed by atoms with Crippen molar-refractivity contribution in [1.29, 1.82) is 0 Å². The lowest BCUT2D eigenvalue weighted by molar-refractivity contribution is -0.133. The van der Waals surface area contributed by atoms with Crippen LogP contribution in [-0.2, 0) is 11.2 Å². The highest BCUT2D eigenvalue weighted by Crippen LogP contribution is 2.51. The van der Waals surface area contributed by atoms with Crippen LogP contribution in [-0.4, -0.2) is 63.9 Å². The van der Waals surface area contributed by atoms with Crippen LogP contribution in [0.5, 0.6) is 5.75 Å². The number of benzene rings is 2. The van der Waals surface area contributed by atoms with Gasteiger partial charge in [-0.3, -0.25) is 9.69 Å². The fraction of sp³-hybridized carbons (Fsp3) is 0.433. The highest BCUT2D eigenvalue weighted by molar-refractivity contribution is 5.94. The summed E-state index contributed by atoms with van der Waals surface area (Å²) in [5.74, 6) is 1.79. The van der Waals surface area contributed by atoms with Gasteiger partial charge >= 0.3 is 0 Å². The van der Waals surface area contributed by atoms with Crippen LogP contribution in [0.25, 0.3) is 10.9 Å². The lowest BCUT2D eigenvalue weighted by Gasteiger charge is -2.44. The molecule has 2 aromatic carbocycles. The first-order chi connectivity index (χ1) is 17.3. The van der Waals surface area contributed by atoms with Crippen LogP contribution in [0.15, 0.2) is 60.9 Å². The number of aromatic amines is 1. The molecule has 1 amide bonds. The Morgan fingerprint density at radius 1 is 1.22 bits per heavy atom. The zero-order valence-corrected chi connectivity index (χ0v) is 22.2. The Bertz CT molecular complexity index is 1280. The van der Waals surface area contributed by atoms with Crippen LogP contribution in [0, 0.1) is 0 Å². The number of fused-ring (bicyclic) bond motifs is 4. The average Bonchev–Trinajstić information content (AvgIpc) is 3.30. The van der Waals surface area contributed by atoms with Crippen LogP contribution in [0.2, 0.25) is 0 Å². The summed E-state index contributed by atoms with van der Waals surface area (Å²) in [7, 11) is 2.13. The van der Waals surface area contributed by atoms with E-state index in [1.165, 1.54) is 5.56 Å². The Labute approximate surface area is 214 Å². The minimum Gasteiger partial charge on any atom is -0.494 e. The van der Waals surface area contributed by atoms with Gasteiger partial charge in [0.05, 0.1) is 12.6 Å². The number of rotatable bonds is 8. The summed E-state index contributed by atoms with van der Waals surface area (Å²) in [5.41, 5.74) is 3.85. The maximum absolute atomic E-state index is 14.1. The van der Waals surface area contributed by atoms with Gasteiger partial charge in [0.25, 0.3) is 5.91 Å². The van der Waals surface area contributed by atoms with Crippen LogP contribution in [0.1, 0.15) is 57.0 Å². The third-order valence-electron chi connectivity index (χ3n) is 7.99. The third kappa shape index (κ3) is 3.88. The van der Waals surface area contributed by atoms with Crippen molar-refractivity contribution in [3.8, 4) is 5.75 Å². The second kappa shape index (κ2) is 9.32. The van der Waals surface area contributed by atoms with Crippen molar-refractivity contribution in [2.45, 2.75) is 58.2 Å². The number of amides is 1. The Kier molecular flexibility index (Phi) is 6.33. The monoisotopic (exact) mass is 486 g/mol. The first-order valence-corrected chi connectivity index (χ1v) is 13.1. The molecule has 0 aliphatic carbocycles. The van der Waals surface area contributed by atoms with Crippen molar-refractivity contribution in [2.24, 2.45) is 0 Å². The Balaban J connectivity index is 1.57. The van der Waals surface area contributed by atoms with E-state index < -0.39 is 5.54 Å². The van der Waals surface area contributed by atoms with Gasteiger partial charge in [0.15, 0.2) is 0 Å². The predicted octanol–water partition coefficient (Wildman–Crippen LogP) is 5.32. The smallest absolute Gasteiger partial charge is 0.254 e. The summed E-state index contributed by atoms with van der Waals surface area (Å²) in [6, 6.07) is 17.0. The molecule has 0 unspecified atom stereocenters. The van der Waals surface area contributed by atoms with E-state index in [0.29, 0.717) is 25.6 Å². The van der Waals surface area contributed by atoms with E-state index in [9.17, 15) is 4.79 Å². The third-order valence-corrected chi connectivity index (χ3v) is 7.99. The van der Waals surface area contributed by atoms with Gasteiger partial charge in [0, 0.05) is 35.6 Å². The molecule has 6 heteroatoms. The van der Waals surface area contributed by atoms with Gasteiger partial charge in [-0.2, -0.15) is 0 Å². The molecule has 2 aliphatic heterocycles. The molecule has 36 heavy (non-hydrogen) atoms. The van der Waals surface area contributed by atoms with E-state index in [1.807, 2.05) is 24.0 Å². The van der Waals surface area contributed by atoms with Crippen molar-refractivity contribution in [2.75, 3.05) is 26.7 Å². The first kappa shape index (κ1) is 24.4. The number of hydrogen-bond donors (Lipinski definition) is 1. The topological polar surface area (TPSA) is 51.8 Å². The molecule has 1 N–H and O–H groups in total. The Morgan fingerprint density at radius 3 is 2.67 bits per heavy atom. The average molecular weight is 487 g/mol. The van der Waals surface area contributed by atoms with E-state index >= 15 is 0 Å². The van der Waals surface area contributed by atoms with E-state index in [1.54, 1.807) is 0 Å². The number of ether oxygens (including phenoxy) is 1. The highest BCUT2D eigenvalue weighted by Gasteiger charge is 2.57. The second-order valence-electron chi connectivity index (χ2n) is 10.6. The fourth-order valence-corrected chi connectivity index (χ4v) is 5.84. The molecule has 2 aliphatic rings. The van der Waals surface area contributed by atoms with E-state index in [4.69, 9.17) is 4.74 Å². The number of aromatic nitrogens is 1. The number of H-pyrrole nitrogens is 1.